The summed E-state index contributed by atoms with van der Waals surface area (Å²) in [6.45, 7) is 8.14. The van der Waals surface area contributed by atoms with Gasteiger partial charge in [-0.1, -0.05) is 32.9 Å². The van der Waals surface area contributed by atoms with Crippen molar-refractivity contribution in [1.82, 2.24) is 10.2 Å². The molecular formula is C16H23FN2O. The van der Waals surface area contributed by atoms with Crippen molar-refractivity contribution in [2.75, 3.05) is 19.6 Å². The lowest BCUT2D eigenvalue weighted by Gasteiger charge is -2.37. The maximum absolute atomic E-state index is 12.9. The van der Waals surface area contributed by atoms with Gasteiger partial charge < -0.3 is 10.2 Å². The van der Waals surface area contributed by atoms with E-state index in [-0.39, 0.29) is 23.2 Å². The maximum Gasteiger partial charge on any atom is 0.228 e. The first kappa shape index (κ1) is 15.0. The van der Waals surface area contributed by atoms with Gasteiger partial charge in [0.2, 0.25) is 5.91 Å². The summed E-state index contributed by atoms with van der Waals surface area (Å²) < 4.78 is 12.9. The lowest BCUT2D eigenvalue weighted by molar-refractivity contribution is -0.140. The van der Waals surface area contributed by atoms with Crippen LogP contribution in [0.3, 0.4) is 0 Å². The standard InChI is InChI=1S/C16H23FN2O/c1-16(2,3)15(20)19-9-8-18-14(11-19)10-12-4-6-13(17)7-5-12/h4-7,14,18H,8-11H2,1-3H3. The van der Waals surface area contributed by atoms with Crippen LogP contribution in [0.4, 0.5) is 4.39 Å². The molecule has 1 aliphatic heterocycles. The van der Waals surface area contributed by atoms with Gasteiger partial charge in [0.05, 0.1) is 0 Å². The first-order valence-electron chi connectivity index (χ1n) is 7.13. The van der Waals surface area contributed by atoms with Crippen molar-refractivity contribution < 1.29 is 9.18 Å². The number of halogens is 1. The van der Waals surface area contributed by atoms with E-state index in [4.69, 9.17) is 0 Å². The van der Waals surface area contributed by atoms with Crippen LogP contribution in [0.15, 0.2) is 24.3 Å². The molecule has 1 aliphatic rings. The molecule has 1 heterocycles. The highest BCUT2D eigenvalue weighted by Crippen LogP contribution is 2.19. The Hall–Kier alpha value is -1.42. The van der Waals surface area contributed by atoms with Crippen LogP contribution in [-0.4, -0.2) is 36.5 Å². The Kier molecular flexibility index (Phi) is 4.43. The van der Waals surface area contributed by atoms with Gasteiger partial charge in [0.1, 0.15) is 5.82 Å². The van der Waals surface area contributed by atoms with E-state index >= 15 is 0 Å². The molecule has 2 rings (SSSR count). The normalized spacial score (nSPS) is 20.0. The number of nitrogens with zero attached hydrogens (tertiary/aromatic N) is 1. The summed E-state index contributed by atoms with van der Waals surface area (Å²) in [6.07, 6.45) is 0.814. The van der Waals surface area contributed by atoms with E-state index < -0.39 is 0 Å². The predicted molar refractivity (Wildman–Crippen MR) is 77.9 cm³/mol. The van der Waals surface area contributed by atoms with Crippen molar-refractivity contribution in [3.05, 3.63) is 35.6 Å². The van der Waals surface area contributed by atoms with E-state index in [2.05, 4.69) is 5.32 Å². The average molecular weight is 278 g/mol. The second kappa shape index (κ2) is 5.92. The molecule has 1 saturated heterocycles. The molecular weight excluding hydrogens is 255 g/mol. The van der Waals surface area contributed by atoms with Gasteiger partial charge in [-0.3, -0.25) is 4.79 Å². The third kappa shape index (κ3) is 3.79. The minimum Gasteiger partial charge on any atom is -0.339 e. The SMILES string of the molecule is CC(C)(C)C(=O)N1CCNC(Cc2ccc(F)cc2)C1. The van der Waals surface area contributed by atoms with Crippen LogP contribution in [0, 0.1) is 11.2 Å². The van der Waals surface area contributed by atoms with Gasteiger partial charge in [-0.25, -0.2) is 4.39 Å². The van der Waals surface area contributed by atoms with Crippen molar-refractivity contribution >= 4 is 5.91 Å². The number of piperazine rings is 1. The molecule has 0 saturated carbocycles. The topological polar surface area (TPSA) is 32.3 Å². The molecule has 0 spiro atoms. The molecule has 1 aromatic rings. The van der Waals surface area contributed by atoms with Crippen molar-refractivity contribution in [2.45, 2.75) is 33.2 Å². The summed E-state index contributed by atoms with van der Waals surface area (Å²) in [5.74, 6) is -0.0157. The predicted octanol–water partition coefficient (Wildman–Crippen LogP) is 2.21. The molecule has 0 bridgehead atoms. The second-order valence-electron chi connectivity index (χ2n) is 6.48. The Labute approximate surface area is 120 Å². The number of nitrogens with one attached hydrogen (secondary N) is 1. The summed E-state index contributed by atoms with van der Waals surface area (Å²) in [5.41, 5.74) is 0.756. The Balaban J connectivity index is 1.97. The van der Waals surface area contributed by atoms with E-state index in [1.165, 1.54) is 12.1 Å². The first-order valence-corrected chi connectivity index (χ1v) is 7.13. The van der Waals surface area contributed by atoms with Crippen molar-refractivity contribution in [1.29, 1.82) is 0 Å². The molecule has 4 heteroatoms. The Bertz CT molecular complexity index is 464. The molecule has 1 fully saturated rings. The van der Waals surface area contributed by atoms with Gasteiger partial charge in [-0.15, -0.1) is 0 Å². The number of amides is 1. The fraction of sp³-hybridized carbons (Fsp3) is 0.562. The number of carbonyl (C=O) groups excluding carboxylic acids is 1. The van der Waals surface area contributed by atoms with Crippen LogP contribution >= 0.6 is 0 Å². The van der Waals surface area contributed by atoms with Gasteiger partial charge in [-0.05, 0) is 24.1 Å². The molecule has 0 aliphatic carbocycles. The molecule has 0 radical (unpaired) electrons. The zero-order valence-electron chi connectivity index (χ0n) is 12.4. The van der Waals surface area contributed by atoms with E-state index in [9.17, 15) is 9.18 Å². The zero-order chi connectivity index (χ0) is 14.8. The molecule has 1 atom stereocenters. The maximum atomic E-state index is 12.9. The lowest BCUT2D eigenvalue weighted by atomic mass is 9.93. The highest BCUT2D eigenvalue weighted by molar-refractivity contribution is 5.81. The monoisotopic (exact) mass is 278 g/mol. The Morgan fingerprint density at radius 1 is 1.35 bits per heavy atom. The van der Waals surface area contributed by atoms with Crippen LogP contribution in [-0.2, 0) is 11.2 Å². The van der Waals surface area contributed by atoms with Crippen LogP contribution in [0.2, 0.25) is 0 Å². The van der Waals surface area contributed by atoms with Crippen LogP contribution in [0.5, 0.6) is 0 Å². The zero-order valence-corrected chi connectivity index (χ0v) is 12.4. The Morgan fingerprint density at radius 3 is 2.60 bits per heavy atom. The number of rotatable bonds is 2. The summed E-state index contributed by atoms with van der Waals surface area (Å²) in [5, 5.41) is 3.43. The van der Waals surface area contributed by atoms with Crippen LogP contribution < -0.4 is 5.32 Å². The van der Waals surface area contributed by atoms with E-state index in [0.29, 0.717) is 6.54 Å². The third-order valence-electron chi connectivity index (χ3n) is 3.58. The number of benzene rings is 1. The minimum atomic E-state index is -0.336. The Morgan fingerprint density at radius 2 is 2.00 bits per heavy atom. The fourth-order valence-electron chi connectivity index (χ4n) is 2.53. The van der Waals surface area contributed by atoms with Gasteiger partial charge in [0, 0.05) is 31.1 Å². The average Bonchev–Trinajstić information content (AvgIpc) is 2.40. The molecule has 20 heavy (non-hydrogen) atoms. The quantitative estimate of drug-likeness (QED) is 0.899. The summed E-state index contributed by atoms with van der Waals surface area (Å²) in [7, 11) is 0. The largest absolute Gasteiger partial charge is 0.339 e. The highest BCUT2D eigenvalue weighted by atomic mass is 19.1. The summed E-state index contributed by atoms with van der Waals surface area (Å²) in [4.78, 5) is 14.2. The fourth-order valence-corrected chi connectivity index (χ4v) is 2.53. The van der Waals surface area contributed by atoms with Crippen molar-refractivity contribution in [3.8, 4) is 0 Å². The molecule has 1 unspecified atom stereocenters. The smallest absolute Gasteiger partial charge is 0.228 e. The first-order chi connectivity index (χ1) is 9.36. The van der Waals surface area contributed by atoms with Crippen LogP contribution in [0.25, 0.3) is 0 Å². The summed E-state index contributed by atoms with van der Waals surface area (Å²) in [6, 6.07) is 6.82. The molecule has 1 N–H and O–H groups in total. The van der Waals surface area contributed by atoms with E-state index in [1.54, 1.807) is 0 Å². The van der Waals surface area contributed by atoms with Crippen molar-refractivity contribution in [2.24, 2.45) is 5.41 Å². The molecule has 1 amide bonds. The summed E-state index contributed by atoms with van der Waals surface area (Å²) >= 11 is 0. The van der Waals surface area contributed by atoms with Gasteiger partial charge in [0.15, 0.2) is 0 Å². The minimum absolute atomic E-state index is 0.197. The van der Waals surface area contributed by atoms with Gasteiger partial charge >= 0.3 is 0 Å². The lowest BCUT2D eigenvalue weighted by Crippen LogP contribution is -2.55. The van der Waals surface area contributed by atoms with E-state index in [1.807, 2.05) is 37.8 Å². The highest BCUT2D eigenvalue weighted by Gasteiger charge is 2.30. The third-order valence-corrected chi connectivity index (χ3v) is 3.58. The molecule has 110 valence electrons. The number of carbonyl (C=O) groups is 1. The molecule has 0 aromatic heterocycles. The molecule has 3 nitrogen and oxygen atoms in total. The second-order valence-corrected chi connectivity index (χ2v) is 6.48. The van der Waals surface area contributed by atoms with Gasteiger partial charge in [-0.2, -0.15) is 0 Å². The molecule has 1 aromatic carbocycles. The van der Waals surface area contributed by atoms with Crippen LogP contribution in [0.1, 0.15) is 26.3 Å². The number of hydrogen-bond donors (Lipinski definition) is 1. The van der Waals surface area contributed by atoms with E-state index in [0.717, 1.165) is 25.1 Å². The van der Waals surface area contributed by atoms with Crippen molar-refractivity contribution in [3.63, 3.8) is 0 Å². The van der Waals surface area contributed by atoms with Gasteiger partial charge in [0.25, 0.3) is 0 Å². The number of hydrogen-bond acceptors (Lipinski definition) is 2.